The van der Waals surface area contributed by atoms with Crippen LogP contribution in [-0.2, 0) is 6.42 Å². The number of halogens is 3. The average Bonchev–Trinajstić information content (AvgIpc) is 2.60. The Kier molecular flexibility index (Phi) is 6.32. The van der Waals surface area contributed by atoms with Crippen LogP contribution in [0.4, 0.5) is 13.2 Å². The summed E-state index contributed by atoms with van der Waals surface area (Å²) in [7, 11) is 3.08. The van der Waals surface area contributed by atoms with E-state index in [0.29, 0.717) is 24.5 Å². The van der Waals surface area contributed by atoms with Crippen molar-refractivity contribution in [1.29, 1.82) is 0 Å². The average molecular weight is 369 g/mol. The Bertz CT molecular complexity index is 745. The van der Waals surface area contributed by atoms with Gasteiger partial charge in [-0.2, -0.15) is 0 Å². The molecule has 0 saturated heterocycles. The smallest absolute Gasteiger partial charge is 0.493 e. The first kappa shape index (κ1) is 19.4. The highest BCUT2D eigenvalue weighted by atomic mass is 19.4. The number of ether oxygens (including phenoxy) is 3. The highest BCUT2D eigenvalue weighted by molar-refractivity contribution is 5.94. The second kappa shape index (κ2) is 8.46. The molecule has 140 valence electrons. The van der Waals surface area contributed by atoms with E-state index in [-0.39, 0.29) is 17.2 Å². The van der Waals surface area contributed by atoms with Crippen LogP contribution in [-0.4, -0.2) is 33.0 Å². The van der Waals surface area contributed by atoms with Crippen LogP contribution in [0, 0.1) is 0 Å². The summed E-state index contributed by atoms with van der Waals surface area (Å²) in [6.07, 6.45) is -4.20. The molecule has 0 fully saturated rings. The van der Waals surface area contributed by atoms with Gasteiger partial charge in [0, 0.05) is 12.1 Å². The maximum absolute atomic E-state index is 12.1. The highest BCUT2D eigenvalue weighted by Crippen LogP contribution is 2.27. The van der Waals surface area contributed by atoms with Gasteiger partial charge in [-0.3, -0.25) is 4.79 Å². The van der Waals surface area contributed by atoms with Gasteiger partial charge in [-0.15, -0.1) is 13.2 Å². The molecule has 2 rings (SSSR count). The van der Waals surface area contributed by atoms with Crippen molar-refractivity contribution in [3.63, 3.8) is 0 Å². The van der Waals surface area contributed by atoms with E-state index in [9.17, 15) is 18.0 Å². The molecule has 1 N–H and O–H groups in total. The molecule has 5 nitrogen and oxygen atoms in total. The number of nitrogens with one attached hydrogen (secondary N) is 1. The van der Waals surface area contributed by atoms with Crippen LogP contribution < -0.4 is 19.5 Å². The fourth-order valence-electron chi connectivity index (χ4n) is 2.27. The maximum atomic E-state index is 12.1. The minimum absolute atomic E-state index is 0.242. The van der Waals surface area contributed by atoms with Gasteiger partial charge in [0.05, 0.1) is 14.2 Å². The molecule has 0 aliphatic heterocycles. The molecule has 0 bridgehead atoms. The molecule has 2 aromatic rings. The van der Waals surface area contributed by atoms with E-state index in [0.717, 1.165) is 17.7 Å². The summed E-state index contributed by atoms with van der Waals surface area (Å²) in [5, 5.41) is 2.71. The van der Waals surface area contributed by atoms with Crippen LogP contribution >= 0.6 is 0 Å². The van der Waals surface area contributed by atoms with Crippen LogP contribution in [0.15, 0.2) is 42.5 Å². The third-order valence-electron chi connectivity index (χ3n) is 3.50. The Hall–Kier alpha value is -2.90. The van der Waals surface area contributed by atoms with E-state index < -0.39 is 6.36 Å². The number of alkyl halides is 3. The van der Waals surface area contributed by atoms with Crippen molar-refractivity contribution >= 4 is 5.91 Å². The van der Waals surface area contributed by atoms with Gasteiger partial charge in [0.2, 0.25) is 0 Å². The molecule has 0 spiro atoms. The number of hydrogen-bond donors (Lipinski definition) is 1. The number of amides is 1. The molecule has 2 aromatic carbocycles. The van der Waals surface area contributed by atoms with Crippen LogP contribution in [0.25, 0.3) is 0 Å². The van der Waals surface area contributed by atoms with E-state index in [1.165, 1.54) is 19.2 Å². The topological polar surface area (TPSA) is 56.8 Å². The third-order valence-corrected chi connectivity index (χ3v) is 3.50. The van der Waals surface area contributed by atoms with Gasteiger partial charge >= 0.3 is 6.36 Å². The van der Waals surface area contributed by atoms with Crippen molar-refractivity contribution in [3.05, 3.63) is 53.6 Å². The summed E-state index contributed by atoms with van der Waals surface area (Å²) < 4.78 is 50.5. The summed E-state index contributed by atoms with van der Waals surface area (Å²) in [5.74, 6) is 0.446. The van der Waals surface area contributed by atoms with Gasteiger partial charge in [-0.25, -0.2) is 0 Å². The van der Waals surface area contributed by atoms with Crippen molar-refractivity contribution < 1.29 is 32.2 Å². The first-order valence-corrected chi connectivity index (χ1v) is 7.67. The van der Waals surface area contributed by atoms with Gasteiger partial charge in [0.15, 0.2) is 11.5 Å². The molecule has 1 amide bonds. The predicted molar refractivity (Wildman–Crippen MR) is 88.7 cm³/mol. The Balaban J connectivity index is 1.89. The zero-order valence-electron chi connectivity index (χ0n) is 14.2. The largest absolute Gasteiger partial charge is 0.573 e. The van der Waals surface area contributed by atoms with Crippen LogP contribution in [0.3, 0.4) is 0 Å². The standard InChI is InChI=1S/C18H18F3NO4/c1-24-15-8-3-12(11-16(15)25-2)9-10-22-17(23)13-4-6-14(7-5-13)26-18(19,20)21/h3-8,11H,9-10H2,1-2H3,(H,22,23). The number of carbonyl (C=O) groups excluding carboxylic acids is 1. The predicted octanol–water partition coefficient (Wildman–Crippen LogP) is 3.57. The summed E-state index contributed by atoms with van der Waals surface area (Å²) in [6.45, 7) is 0.356. The number of rotatable bonds is 7. The maximum Gasteiger partial charge on any atom is 0.573 e. The van der Waals surface area contributed by atoms with Crippen molar-refractivity contribution in [2.24, 2.45) is 0 Å². The quantitative estimate of drug-likeness (QED) is 0.811. The molecule has 0 atom stereocenters. The van der Waals surface area contributed by atoms with E-state index in [2.05, 4.69) is 10.1 Å². The van der Waals surface area contributed by atoms with E-state index >= 15 is 0 Å². The minimum atomic E-state index is -4.76. The van der Waals surface area contributed by atoms with E-state index in [1.54, 1.807) is 13.2 Å². The van der Waals surface area contributed by atoms with Crippen LogP contribution in [0.2, 0.25) is 0 Å². The number of methoxy groups -OCH3 is 2. The monoisotopic (exact) mass is 369 g/mol. The van der Waals surface area contributed by atoms with Crippen molar-refractivity contribution in [2.45, 2.75) is 12.8 Å². The lowest BCUT2D eigenvalue weighted by atomic mass is 10.1. The molecule has 0 heterocycles. The second-order valence-corrected chi connectivity index (χ2v) is 5.27. The Morgan fingerprint density at radius 3 is 2.23 bits per heavy atom. The molecule has 0 aliphatic rings. The molecule has 0 radical (unpaired) electrons. The molecule has 0 saturated carbocycles. The van der Waals surface area contributed by atoms with E-state index in [4.69, 9.17) is 9.47 Å². The van der Waals surface area contributed by atoms with Gasteiger partial charge < -0.3 is 19.5 Å². The zero-order chi connectivity index (χ0) is 19.2. The molecular weight excluding hydrogens is 351 g/mol. The van der Waals surface area contributed by atoms with Crippen molar-refractivity contribution in [1.82, 2.24) is 5.32 Å². The van der Waals surface area contributed by atoms with Gasteiger partial charge in [0.1, 0.15) is 5.75 Å². The van der Waals surface area contributed by atoms with E-state index in [1.807, 2.05) is 12.1 Å². The SMILES string of the molecule is COc1ccc(CCNC(=O)c2ccc(OC(F)(F)F)cc2)cc1OC. The summed E-state index contributed by atoms with van der Waals surface area (Å²) >= 11 is 0. The minimum Gasteiger partial charge on any atom is -0.493 e. The fraction of sp³-hybridized carbons (Fsp3) is 0.278. The lowest BCUT2D eigenvalue weighted by molar-refractivity contribution is -0.274. The lowest BCUT2D eigenvalue weighted by Gasteiger charge is -2.11. The number of benzene rings is 2. The van der Waals surface area contributed by atoms with Crippen molar-refractivity contribution in [2.75, 3.05) is 20.8 Å². The van der Waals surface area contributed by atoms with Gasteiger partial charge in [0.25, 0.3) is 5.91 Å². The van der Waals surface area contributed by atoms with Crippen LogP contribution in [0.1, 0.15) is 15.9 Å². The normalized spacial score (nSPS) is 11.0. The number of hydrogen-bond acceptors (Lipinski definition) is 4. The Morgan fingerprint density at radius 2 is 1.65 bits per heavy atom. The molecule has 26 heavy (non-hydrogen) atoms. The second-order valence-electron chi connectivity index (χ2n) is 5.27. The lowest BCUT2D eigenvalue weighted by Crippen LogP contribution is -2.25. The summed E-state index contributed by atoms with van der Waals surface area (Å²) in [4.78, 5) is 12.0. The Labute approximate surface area is 148 Å². The first-order chi connectivity index (χ1) is 12.3. The van der Waals surface area contributed by atoms with Gasteiger partial charge in [-0.05, 0) is 48.4 Å². The molecule has 0 aromatic heterocycles. The van der Waals surface area contributed by atoms with Crippen molar-refractivity contribution in [3.8, 4) is 17.2 Å². The molecule has 0 unspecified atom stereocenters. The molecule has 0 aliphatic carbocycles. The zero-order valence-corrected chi connectivity index (χ0v) is 14.2. The number of carbonyl (C=O) groups is 1. The first-order valence-electron chi connectivity index (χ1n) is 7.67. The summed E-state index contributed by atoms with van der Waals surface area (Å²) in [5.41, 5.74) is 1.18. The Morgan fingerprint density at radius 1 is 1.00 bits per heavy atom. The summed E-state index contributed by atoms with van der Waals surface area (Å²) in [6, 6.07) is 10.2. The molecular formula is C18H18F3NO4. The fourth-order valence-corrected chi connectivity index (χ4v) is 2.27. The molecule has 8 heteroatoms. The van der Waals surface area contributed by atoms with Gasteiger partial charge in [-0.1, -0.05) is 6.07 Å². The third kappa shape index (κ3) is 5.58. The van der Waals surface area contributed by atoms with Crippen LogP contribution in [0.5, 0.6) is 17.2 Å². The highest BCUT2D eigenvalue weighted by Gasteiger charge is 2.31.